The zero-order chi connectivity index (χ0) is 17.2. The highest BCUT2D eigenvalue weighted by Gasteiger charge is 2.29. The van der Waals surface area contributed by atoms with Gasteiger partial charge >= 0.3 is 0 Å². The lowest BCUT2D eigenvalue weighted by Crippen LogP contribution is -2.22. The van der Waals surface area contributed by atoms with Crippen molar-refractivity contribution in [3.05, 3.63) is 53.9 Å². The van der Waals surface area contributed by atoms with Gasteiger partial charge in [-0.1, -0.05) is 17.3 Å². The van der Waals surface area contributed by atoms with E-state index in [-0.39, 0.29) is 18.2 Å². The number of nitrogens with one attached hydrogen (secondary N) is 1. The first-order chi connectivity index (χ1) is 12.2. The first-order valence-corrected chi connectivity index (χ1v) is 8.08. The number of nitrogens with zero attached hydrogens (tertiary/aromatic N) is 2. The van der Waals surface area contributed by atoms with Crippen molar-refractivity contribution in [1.29, 1.82) is 0 Å². The molecule has 1 aliphatic rings. The van der Waals surface area contributed by atoms with E-state index in [1.165, 1.54) is 0 Å². The fourth-order valence-electron chi connectivity index (χ4n) is 2.47. The summed E-state index contributed by atoms with van der Waals surface area (Å²) in [6.07, 6.45) is 2.18. The molecule has 1 aliphatic carbocycles. The minimum absolute atomic E-state index is 0.199. The molecule has 1 N–H and O–H groups in total. The van der Waals surface area contributed by atoms with Gasteiger partial charge in [0.15, 0.2) is 11.6 Å². The summed E-state index contributed by atoms with van der Waals surface area (Å²) in [4.78, 5) is 16.5. The molecule has 0 saturated heterocycles. The van der Waals surface area contributed by atoms with Crippen molar-refractivity contribution in [3.63, 3.8) is 0 Å². The van der Waals surface area contributed by atoms with Crippen LogP contribution in [0.1, 0.15) is 41.0 Å². The van der Waals surface area contributed by atoms with E-state index in [1.807, 2.05) is 24.3 Å². The molecule has 3 aromatic rings. The number of benzene rings is 1. The number of furan rings is 1. The van der Waals surface area contributed by atoms with E-state index in [1.54, 1.807) is 19.2 Å². The van der Waals surface area contributed by atoms with Gasteiger partial charge < -0.3 is 19.0 Å². The number of ether oxygens (including phenoxy) is 1. The van der Waals surface area contributed by atoms with E-state index in [2.05, 4.69) is 15.5 Å². The van der Waals surface area contributed by atoms with Gasteiger partial charge in [-0.25, -0.2) is 0 Å². The molecule has 2 heterocycles. The van der Waals surface area contributed by atoms with E-state index < -0.39 is 0 Å². The van der Waals surface area contributed by atoms with Crippen LogP contribution >= 0.6 is 0 Å². The Morgan fingerprint density at radius 1 is 1.32 bits per heavy atom. The molecule has 1 fully saturated rings. The van der Waals surface area contributed by atoms with Gasteiger partial charge in [-0.05, 0) is 37.1 Å². The number of hydrogen-bond donors (Lipinski definition) is 1. The van der Waals surface area contributed by atoms with Crippen LogP contribution in [-0.2, 0) is 6.54 Å². The first kappa shape index (κ1) is 15.4. The quantitative estimate of drug-likeness (QED) is 0.742. The molecular formula is C18H17N3O4. The van der Waals surface area contributed by atoms with E-state index in [9.17, 15) is 4.79 Å². The second kappa shape index (κ2) is 6.43. The topological polar surface area (TPSA) is 90.4 Å². The number of methoxy groups -OCH3 is 1. The Hall–Kier alpha value is -3.09. The summed E-state index contributed by atoms with van der Waals surface area (Å²) in [6, 6.07) is 10.8. The van der Waals surface area contributed by atoms with Gasteiger partial charge in [0, 0.05) is 11.5 Å². The summed E-state index contributed by atoms with van der Waals surface area (Å²) in [7, 11) is 1.60. The van der Waals surface area contributed by atoms with E-state index in [0.29, 0.717) is 23.4 Å². The van der Waals surface area contributed by atoms with Crippen molar-refractivity contribution in [2.45, 2.75) is 25.3 Å². The predicted molar refractivity (Wildman–Crippen MR) is 88.1 cm³/mol. The fourth-order valence-corrected chi connectivity index (χ4v) is 2.47. The lowest BCUT2D eigenvalue weighted by Gasteiger charge is -2.02. The minimum atomic E-state index is -0.327. The summed E-state index contributed by atoms with van der Waals surface area (Å²) in [5.74, 6) is 2.74. The van der Waals surface area contributed by atoms with Crippen molar-refractivity contribution in [2.24, 2.45) is 0 Å². The Bertz CT molecular complexity index is 895. The smallest absolute Gasteiger partial charge is 0.287 e. The van der Waals surface area contributed by atoms with Gasteiger partial charge in [0.2, 0.25) is 5.89 Å². The maximum Gasteiger partial charge on any atom is 0.287 e. The molecule has 0 spiro atoms. The third-order valence-corrected chi connectivity index (χ3v) is 4.00. The fraction of sp³-hybridized carbons (Fsp3) is 0.278. The number of amides is 1. The molecule has 0 bridgehead atoms. The standard InChI is InChI=1S/C18H17N3O4/c1-23-13-4-2-3-12(9-13)14-7-8-15(24-14)17(22)19-10-16-20-18(25-21-16)11-5-6-11/h2-4,7-9,11H,5-6,10H2,1H3,(H,19,22). The van der Waals surface area contributed by atoms with Crippen LogP contribution in [-0.4, -0.2) is 23.2 Å². The molecule has 1 saturated carbocycles. The van der Waals surface area contributed by atoms with E-state index in [0.717, 1.165) is 24.2 Å². The van der Waals surface area contributed by atoms with Crippen LogP contribution in [0.2, 0.25) is 0 Å². The van der Waals surface area contributed by atoms with Crippen molar-refractivity contribution < 1.29 is 18.5 Å². The zero-order valence-corrected chi connectivity index (χ0v) is 13.7. The Morgan fingerprint density at radius 2 is 2.20 bits per heavy atom. The molecule has 0 radical (unpaired) electrons. The SMILES string of the molecule is COc1cccc(-c2ccc(C(=O)NCc3noc(C4CC4)n3)o2)c1. The largest absolute Gasteiger partial charge is 0.497 e. The highest BCUT2D eigenvalue weighted by molar-refractivity contribution is 5.92. The average Bonchev–Trinajstić information content (AvgIpc) is 3.19. The third-order valence-electron chi connectivity index (χ3n) is 4.00. The van der Waals surface area contributed by atoms with Gasteiger partial charge in [0.25, 0.3) is 5.91 Å². The number of hydrogen-bond acceptors (Lipinski definition) is 6. The second-order valence-corrected chi connectivity index (χ2v) is 5.90. The van der Waals surface area contributed by atoms with E-state index >= 15 is 0 Å². The van der Waals surface area contributed by atoms with Crippen molar-refractivity contribution in [2.75, 3.05) is 7.11 Å². The number of carbonyl (C=O) groups excluding carboxylic acids is 1. The first-order valence-electron chi connectivity index (χ1n) is 8.08. The van der Waals surface area contributed by atoms with Crippen LogP contribution in [0.25, 0.3) is 11.3 Å². The molecule has 4 rings (SSSR count). The van der Waals surface area contributed by atoms with Crippen LogP contribution in [0.5, 0.6) is 5.75 Å². The van der Waals surface area contributed by atoms with Gasteiger partial charge in [-0.15, -0.1) is 0 Å². The van der Waals surface area contributed by atoms with Crippen LogP contribution in [0.4, 0.5) is 0 Å². The molecule has 0 unspecified atom stereocenters. The molecule has 1 amide bonds. The number of carbonyl (C=O) groups is 1. The Balaban J connectivity index is 1.41. The molecule has 25 heavy (non-hydrogen) atoms. The van der Waals surface area contributed by atoms with Crippen molar-refractivity contribution in [1.82, 2.24) is 15.5 Å². The van der Waals surface area contributed by atoms with Crippen molar-refractivity contribution >= 4 is 5.91 Å². The highest BCUT2D eigenvalue weighted by Crippen LogP contribution is 2.38. The molecule has 128 valence electrons. The second-order valence-electron chi connectivity index (χ2n) is 5.90. The maximum atomic E-state index is 12.2. The van der Waals surface area contributed by atoms with Crippen LogP contribution in [0.15, 0.2) is 45.3 Å². The predicted octanol–water partition coefficient (Wildman–Crippen LogP) is 3.15. The Morgan fingerprint density at radius 3 is 3.00 bits per heavy atom. The third kappa shape index (κ3) is 3.40. The molecular weight excluding hydrogens is 322 g/mol. The Kier molecular flexibility index (Phi) is 3.97. The monoisotopic (exact) mass is 339 g/mol. The van der Waals surface area contributed by atoms with Gasteiger partial charge in [-0.2, -0.15) is 4.98 Å². The summed E-state index contributed by atoms with van der Waals surface area (Å²) in [5, 5.41) is 6.60. The number of rotatable bonds is 6. The van der Waals surface area contributed by atoms with Crippen molar-refractivity contribution in [3.8, 4) is 17.1 Å². The molecule has 7 heteroatoms. The molecule has 0 aliphatic heterocycles. The molecule has 2 aromatic heterocycles. The normalized spacial score (nSPS) is 13.6. The van der Waals surface area contributed by atoms with E-state index in [4.69, 9.17) is 13.7 Å². The summed E-state index contributed by atoms with van der Waals surface area (Å²) in [5.41, 5.74) is 0.839. The molecule has 7 nitrogen and oxygen atoms in total. The molecule has 1 aromatic carbocycles. The molecule has 0 atom stereocenters. The average molecular weight is 339 g/mol. The van der Waals surface area contributed by atoms with Gasteiger partial charge in [0.1, 0.15) is 11.5 Å². The van der Waals surface area contributed by atoms with Gasteiger partial charge in [0.05, 0.1) is 13.7 Å². The van der Waals surface area contributed by atoms with Gasteiger partial charge in [-0.3, -0.25) is 4.79 Å². The minimum Gasteiger partial charge on any atom is -0.497 e. The van der Waals surface area contributed by atoms with Crippen LogP contribution < -0.4 is 10.1 Å². The van der Waals surface area contributed by atoms with Crippen LogP contribution in [0.3, 0.4) is 0 Å². The Labute approximate surface area is 144 Å². The zero-order valence-electron chi connectivity index (χ0n) is 13.7. The highest BCUT2D eigenvalue weighted by atomic mass is 16.5. The maximum absolute atomic E-state index is 12.2. The summed E-state index contributed by atoms with van der Waals surface area (Å²) < 4.78 is 16.0. The summed E-state index contributed by atoms with van der Waals surface area (Å²) in [6.45, 7) is 0.199. The lowest BCUT2D eigenvalue weighted by atomic mass is 10.2. The lowest BCUT2D eigenvalue weighted by molar-refractivity contribution is 0.0922. The number of aromatic nitrogens is 2. The van der Waals surface area contributed by atoms with Crippen LogP contribution in [0, 0.1) is 0 Å². The summed E-state index contributed by atoms with van der Waals surface area (Å²) >= 11 is 0.